The van der Waals surface area contributed by atoms with Gasteiger partial charge in [0.2, 0.25) is 0 Å². The second kappa shape index (κ2) is 4.33. The summed E-state index contributed by atoms with van der Waals surface area (Å²) in [5, 5.41) is 0. The van der Waals surface area contributed by atoms with Gasteiger partial charge in [-0.1, -0.05) is 0 Å². The Kier molecular flexibility index (Phi) is 2.68. The van der Waals surface area contributed by atoms with Gasteiger partial charge < -0.3 is 4.98 Å². The fourth-order valence-corrected chi connectivity index (χ4v) is 2.87. The van der Waals surface area contributed by atoms with Crippen LogP contribution in [0.1, 0.15) is 11.3 Å². The highest BCUT2D eigenvalue weighted by molar-refractivity contribution is 7.98. The van der Waals surface area contributed by atoms with Crippen molar-refractivity contribution >= 4 is 11.8 Å². The van der Waals surface area contributed by atoms with Crippen LogP contribution < -0.4 is 5.56 Å². The summed E-state index contributed by atoms with van der Waals surface area (Å²) in [6, 6.07) is 3.70. The summed E-state index contributed by atoms with van der Waals surface area (Å²) in [6.45, 7) is 0. The summed E-state index contributed by atoms with van der Waals surface area (Å²) in [4.78, 5) is 23.3. The maximum atomic E-state index is 11.9. The number of fused-ring (bicyclic) bond motifs is 1. The summed E-state index contributed by atoms with van der Waals surface area (Å²) < 4.78 is 0. The zero-order valence-electron chi connectivity index (χ0n) is 9.14. The third-order valence-corrected chi connectivity index (χ3v) is 3.77. The first-order chi connectivity index (χ1) is 8.34. The van der Waals surface area contributed by atoms with Crippen LogP contribution in [0.3, 0.4) is 0 Å². The first-order valence-electron chi connectivity index (χ1n) is 5.45. The minimum atomic E-state index is -0.00554. The molecule has 0 bridgehead atoms. The van der Waals surface area contributed by atoms with Crippen molar-refractivity contribution in [2.45, 2.75) is 12.2 Å². The van der Waals surface area contributed by atoms with E-state index < -0.39 is 0 Å². The molecule has 1 aliphatic heterocycles. The Bertz CT molecular complexity index is 594. The van der Waals surface area contributed by atoms with Crippen molar-refractivity contribution in [2.75, 3.05) is 5.75 Å². The van der Waals surface area contributed by atoms with Gasteiger partial charge in [0, 0.05) is 29.3 Å². The molecule has 2 aromatic rings. The fourth-order valence-electron chi connectivity index (χ4n) is 1.89. The lowest BCUT2D eigenvalue weighted by Gasteiger charge is -2.14. The van der Waals surface area contributed by atoms with E-state index in [1.807, 2.05) is 12.1 Å². The van der Waals surface area contributed by atoms with Crippen LogP contribution in [0, 0.1) is 0 Å². The van der Waals surface area contributed by atoms with Crippen molar-refractivity contribution in [2.24, 2.45) is 0 Å². The lowest BCUT2D eigenvalue weighted by molar-refractivity contribution is 0.938. The molecule has 5 heteroatoms. The molecule has 86 valence electrons. The van der Waals surface area contributed by atoms with Gasteiger partial charge in [0.25, 0.3) is 5.56 Å². The molecule has 1 N–H and O–H groups in total. The lowest BCUT2D eigenvalue weighted by atomic mass is 10.2. The molecule has 4 nitrogen and oxygen atoms in total. The number of hydrogen-bond donors (Lipinski definition) is 1. The maximum absolute atomic E-state index is 11.9. The highest BCUT2D eigenvalue weighted by Crippen LogP contribution is 2.22. The van der Waals surface area contributed by atoms with Gasteiger partial charge in [-0.2, -0.15) is 11.8 Å². The number of nitrogens with one attached hydrogen (secondary N) is 1. The number of H-pyrrole nitrogens is 1. The van der Waals surface area contributed by atoms with E-state index in [0.717, 1.165) is 34.7 Å². The van der Waals surface area contributed by atoms with Crippen LogP contribution in [-0.4, -0.2) is 20.7 Å². The normalized spacial score (nSPS) is 14.4. The lowest BCUT2D eigenvalue weighted by Crippen LogP contribution is -2.21. The Morgan fingerprint density at radius 1 is 1.29 bits per heavy atom. The second-order valence-corrected chi connectivity index (χ2v) is 4.98. The van der Waals surface area contributed by atoms with Crippen molar-refractivity contribution in [3.63, 3.8) is 0 Å². The third-order valence-electron chi connectivity index (χ3n) is 2.78. The number of thioether (sulfide) groups is 1. The zero-order valence-corrected chi connectivity index (χ0v) is 9.96. The minimum Gasteiger partial charge on any atom is -0.306 e. The Labute approximate surface area is 103 Å². The van der Waals surface area contributed by atoms with Gasteiger partial charge in [0.05, 0.1) is 5.69 Å². The Morgan fingerprint density at radius 2 is 2.12 bits per heavy atom. The molecule has 3 rings (SSSR count). The molecule has 17 heavy (non-hydrogen) atoms. The Morgan fingerprint density at radius 3 is 2.94 bits per heavy atom. The van der Waals surface area contributed by atoms with Crippen LogP contribution in [0.25, 0.3) is 11.4 Å². The van der Waals surface area contributed by atoms with E-state index in [-0.39, 0.29) is 5.56 Å². The van der Waals surface area contributed by atoms with Crippen molar-refractivity contribution in [3.8, 4) is 11.4 Å². The molecule has 0 fully saturated rings. The van der Waals surface area contributed by atoms with Crippen LogP contribution >= 0.6 is 11.8 Å². The van der Waals surface area contributed by atoms with Crippen LogP contribution in [0.5, 0.6) is 0 Å². The SMILES string of the molecule is O=c1[nH]c(-c2ccncc2)nc2c1CSCC2. The van der Waals surface area contributed by atoms with Crippen LogP contribution in [-0.2, 0) is 12.2 Å². The molecular weight excluding hydrogens is 234 g/mol. The van der Waals surface area contributed by atoms with Crippen molar-refractivity contribution in [1.29, 1.82) is 0 Å². The summed E-state index contributed by atoms with van der Waals surface area (Å²) in [5.74, 6) is 2.45. The quantitative estimate of drug-likeness (QED) is 0.829. The molecule has 0 atom stereocenters. The number of nitrogens with zero attached hydrogens (tertiary/aromatic N) is 2. The maximum Gasteiger partial charge on any atom is 0.255 e. The standard InChI is InChI=1S/C12H11N3OS/c16-12-9-7-17-6-3-10(9)14-11(15-12)8-1-4-13-5-2-8/h1-2,4-5H,3,6-7H2,(H,14,15,16). The number of aryl methyl sites for hydroxylation is 1. The molecule has 1 aliphatic rings. The van der Waals surface area contributed by atoms with E-state index in [0.29, 0.717) is 5.82 Å². The summed E-state index contributed by atoms with van der Waals surface area (Å²) in [7, 11) is 0. The van der Waals surface area contributed by atoms with Gasteiger partial charge in [0.1, 0.15) is 5.82 Å². The Balaban J connectivity index is 2.14. The van der Waals surface area contributed by atoms with Crippen LogP contribution in [0.4, 0.5) is 0 Å². The minimum absolute atomic E-state index is 0.00554. The third kappa shape index (κ3) is 1.98. The molecule has 0 aromatic carbocycles. The highest BCUT2D eigenvalue weighted by Gasteiger charge is 2.16. The predicted molar refractivity (Wildman–Crippen MR) is 68.0 cm³/mol. The van der Waals surface area contributed by atoms with E-state index in [1.54, 1.807) is 24.2 Å². The second-order valence-electron chi connectivity index (χ2n) is 3.88. The Hall–Kier alpha value is -1.62. The molecule has 0 saturated heterocycles. The van der Waals surface area contributed by atoms with Gasteiger partial charge in [0.15, 0.2) is 0 Å². The van der Waals surface area contributed by atoms with Crippen molar-refractivity contribution in [3.05, 3.63) is 46.1 Å². The summed E-state index contributed by atoms with van der Waals surface area (Å²) >= 11 is 1.78. The molecule has 0 unspecified atom stereocenters. The van der Waals surface area contributed by atoms with E-state index in [2.05, 4.69) is 15.0 Å². The average molecular weight is 245 g/mol. The van der Waals surface area contributed by atoms with Crippen LogP contribution in [0.15, 0.2) is 29.3 Å². The number of aromatic nitrogens is 3. The summed E-state index contributed by atoms with van der Waals surface area (Å²) in [5.41, 5.74) is 2.67. The topological polar surface area (TPSA) is 58.6 Å². The predicted octanol–water partition coefficient (Wildman–Crippen LogP) is 1.62. The first kappa shape index (κ1) is 10.5. The molecule has 0 spiro atoms. The first-order valence-corrected chi connectivity index (χ1v) is 6.60. The highest BCUT2D eigenvalue weighted by atomic mass is 32.2. The number of aromatic amines is 1. The number of rotatable bonds is 1. The van der Waals surface area contributed by atoms with E-state index >= 15 is 0 Å². The molecule has 0 amide bonds. The average Bonchev–Trinajstić information content (AvgIpc) is 2.40. The molecule has 2 aromatic heterocycles. The van der Waals surface area contributed by atoms with Crippen molar-refractivity contribution < 1.29 is 0 Å². The number of hydrogen-bond acceptors (Lipinski definition) is 4. The largest absolute Gasteiger partial charge is 0.306 e. The van der Waals surface area contributed by atoms with Gasteiger partial charge in [-0.3, -0.25) is 9.78 Å². The molecular formula is C12H11N3OS. The van der Waals surface area contributed by atoms with Gasteiger partial charge in [-0.15, -0.1) is 0 Å². The molecule has 0 aliphatic carbocycles. The molecule has 0 radical (unpaired) electrons. The number of pyridine rings is 1. The molecule has 3 heterocycles. The monoisotopic (exact) mass is 245 g/mol. The van der Waals surface area contributed by atoms with Gasteiger partial charge >= 0.3 is 0 Å². The van der Waals surface area contributed by atoms with E-state index in [9.17, 15) is 4.79 Å². The van der Waals surface area contributed by atoms with Gasteiger partial charge in [-0.25, -0.2) is 4.98 Å². The smallest absolute Gasteiger partial charge is 0.255 e. The summed E-state index contributed by atoms with van der Waals surface area (Å²) in [6.07, 6.45) is 4.28. The van der Waals surface area contributed by atoms with E-state index in [1.165, 1.54) is 0 Å². The van der Waals surface area contributed by atoms with Gasteiger partial charge in [-0.05, 0) is 24.3 Å². The van der Waals surface area contributed by atoms with Crippen LogP contribution in [0.2, 0.25) is 0 Å². The fraction of sp³-hybridized carbons (Fsp3) is 0.250. The van der Waals surface area contributed by atoms with E-state index in [4.69, 9.17) is 0 Å². The zero-order chi connectivity index (χ0) is 11.7. The van der Waals surface area contributed by atoms with Crippen molar-refractivity contribution in [1.82, 2.24) is 15.0 Å². The molecule has 0 saturated carbocycles.